The van der Waals surface area contributed by atoms with Crippen molar-refractivity contribution < 1.29 is 13.2 Å². The van der Waals surface area contributed by atoms with Crippen LogP contribution < -0.4 is 5.56 Å². The van der Waals surface area contributed by atoms with Gasteiger partial charge in [0.1, 0.15) is 5.82 Å². The maximum absolute atomic E-state index is 14.4. The van der Waals surface area contributed by atoms with E-state index in [1.54, 1.807) is 30.7 Å². The molecule has 0 saturated carbocycles. The highest BCUT2D eigenvalue weighted by Crippen LogP contribution is 2.32. The first-order valence-electron chi connectivity index (χ1n) is 13.1. The highest BCUT2D eigenvalue weighted by atomic mass is 32.2. The monoisotopic (exact) mass is 547 g/mol. The van der Waals surface area contributed by atoms with E-state index < -0.39 is 16.1 Å². The van der Waals surface area contributed by atoms with E-state index in [4.69, 9.17) is 9.72 Å². The number of nitrogens with zero attached hydrogens (tertiary/aromatic N) is 3. The summed E-state index contributed by atoms with van der Waals surface area (Å²) >= 11 is 0. The van der Waals surface area contributed by atoms with Crippen molar-refractivity contribution in [2.75, 3.05) is 20.3 Å². The van der Waals surface area contributed by atoms with Crippen molar-refractivity contribution >= 4 is 20.9 Å². The van der Waals surface area contributed by atoms with E-state index in [9.17, 15) is 13.2 Å². The third kappa shape index (κ3) is 5.55. The highest BCUT2D eigenvalue weighted by molar-refractivity contribution is 7.89. The number of methoxy groups -OCH3 is 1. The SMILES string of the molecule is COCCCN(C(C)c1nc2ccccc2c(=O)n1-c1ccc(C)cc1C)S(=O)(=O)c1c(C)cc(C)cc1C. The van der Waals surface area contributed by atoms with Gasteiger partial charge < -0.3 is 4.74 Å². The summed E-state index contributed by atoms with van der Waals surface area (Å²) in [5.74, 6) is 0.370. The minimum atomic E-state index is -3.97. The molecule has 206 valence electrons. The van der Waals surface area contributed by atoms with Gasteiger partial charge in [-0.3, -0.25) is 9.36 Å². The van der Waals surface area contributed by atoms with Gasteiger partial charge in [0, 0.05) is 20.3 Å². The largest absolute Gasteiger partial charge is 0.385 e. The predicted molar refractivity (Wildman–Crippen MR) is 156 cm³/mol. The second-order valence-corrected chi connectivity index (χ2v) is 12.1. The number of sulfonamides is 1. The van der Waals surface area contributed by atoms with Crippen molar-refractivity contribution in [3.05, 3.63) is 98.6 Å². The molecule has 7 nitrogen and oxygen atoms in total. The zero-order chi connectivity index (χ0) is 28.5. The van der Waals surface area contributed by atoms with Gasteiger partial charge in [-0.1, -0.05) is 47.5 Å². The van der Waals surface area contributed by atoms with Gasteiger partial charge >= 0.3 is 0 Å². The summed E-state index contributed by atoms with van der Waals surface area (Å²) < 4.78 is 37.1. The van der Waals surface area contributed by atoms with Gasteiger partial charge in [0.15, 0.2) is 0 Å². The van der Waals surface area contributed by atoms with E-state index in [0.717, 1.165) is 16.7 Å². The molecule has 0 radical (unpaired) electrons. The lowest BCUT2D eigenvalue weighted by Gasteiger charge is -2.31. The Morgan fingerprint density at radius 2 is 1.56 bits per heavy atom. The number of hydrogen-bond donors (Lipinski definition) is 0. The van der Waals surface area contributed by atoms with Crippen LogP contribution in [0, 0.1) is 34.6 Å². The average molecular weight is 548 g/mol. The lowest BCUT2D eigenvalue weighted by Crippen LogP contribution is -2.39. The van der Waals surface area contributed by atoms with Gasteiger partial charge in [-0.2, -0.15) is 4.31 Å². The Morgan fingerprint density at radius 3 is 2.21 bits per heavy atom. The van der Waals surface area contributed by atoms with Crippen LogP contribution in [0.25, 0.3) is 16.6 Å². The first-order chi connectivity index (χ1) is 18.5. The summed E-state index contributed by atoms with van der Waals surface area (Å²) in [5.41, 5.74) is 5.34. The van der Waals surface area contributed by atoms with Crippen LogP contribution in [0.3, 0.4) is 0 Å². The maximum atomic E-state index is 14.4. The molecule has 0 fully saturated rings. The molecule has 0 spiro atoms. The standard InChI is InChI=1S/C31H37N3O4S/c1-20-13-14-28(22(3)17-20)34-30(32-27-12-9-8-11-26(27)31(34)35)25(6)33(15-10-16-38-7)39(36,37)29-23(4)18-21(2)19-24(29)5/h8-9,11-14,17-19,25H,10,15-16H2,1-7H3. The molecule has 1 heterocycles. The topological polar surface area (TPSA) is 81.5 Å². The number of rotatable bonds is 9. The molecule has 39 heavy (non-hydrogen) atoms. The van der Waals surface area contributed by atoms with E-state index in [1.807, 2.05) is 77.1 Å². The number of aromatic nitrogens is 2. The first kappa shape index (κ1) is 28.7. The van der Waals surface area contributed by atoms with Crippen molar-refractivity contribution in [3.8, 4) is 5.69 Å². The second kappa shape index (κ2) is 11.4. The van der Waals surface area contributed by atoms with Gasteiger partial charge in [0.05, 0.1) is 27.5 Å². The van der Waals surface area contributed by atoms with Crippen LogP contribution in [0.1, 0.15) is 53.0 Å². The molecule has 0 amide bonds. The minimum Gasteiger partial charge on any atom is -0.385 e. The third-order valence-electron chi connectivity index (χ3n) is 7.10. The molecule has 8 heteroatoms. The zero-order valence-corrected chi connectivity index (χ0v) is 24.6. The van der Waals surface area contributed by atoms with Crippen LogP contribution in [-0.4, -0.2) is 42.5 Å². The van der Waals surface area contributed by atoms with Crippen molar-refractivity contribution in [1.29, 1.82) is 0 Å². The number of aryl methyl sites for hydroxylation is 5. The van der Waals surface area contributed by atoms with E-state index >= 15 is 0 Å². The number of ether oxygens (including phenoxy) is 1. The van der Waals surface area contributed by atoms with Gasteiger partial charge in [-0.25, -0.2) is 13.4 Å². The van der Waals surface area contributed by atoms with Gasteiger partial charge in [-0.15, -0.1) is 0 Å². The van der Waals surface area contributed by atoms with Crippen LogP contribution in [-0.2, 0) is 14.8 Å². The fourth-order valence-electron chi connectivity index (χ4n) is 5.43. The molecule has 0 saturated heterocycles. The molecule has 4 rings (SSSR count). The Morgan fingerprint density at radius 1 is 0.923 bits per heavy atom. The Balaban J connectivity index is 1.99. The Labute approximate surface area is 231 Å². The van der Waals surface area contributed by atoms with Crippen LogP contribution in [0.15, 0.2) is 64.3 Å². The fraction of sp³-hybridized carbons (Fsp3) is 0.355. The number of hydrogen-bond acceptors (Lipinski definition) is 5. The first-order valence-corrected chi connectivity index (χ1v) is 14.6. The molecule has 4 aromatic rings. The van der Waals surface area contributed by atoms with E-state index in [1.165, 1.54) is 4.31 Å². The van der Waals surface area contributed by atoms with E-state index in [0.29, 0.717) is 51.5 Å². The number of fused-ring (bicyclic) bond motifs is 1. The van der Waals surface area contributed by atoms with Crippen LogP contribution >= 0.6 is 0 Å². The Bertz CT molecular complexity index is 1670. The maximum Gasteiger partial charge on any atom is 0.266 e. The third-order valence-corrected chi connectivity index (χ3v) is 9.37. The summed E-state index contributed by atoms with van der Waals surface area (Å²) in [5, 5.41) is 0.479. The summed E-state index contributed by atoms with van der Waals surface area (Å²) in [6, 6.07) is 16.1. The second-order valence-electron chi connectivity index (χ2n) is 10.3. The number of para-hydroxylation sites is 1. The molecular formula is C31H37N3O4S. The molecule has 0 aliphatic rings. The Hall–Kier alpha value is -3.33. The molecule has 1 atom stereocenters. The average Bonchev–Trinajstić information content (AvgIpc) is 2.86. The minimum absolute atomic E-state index is 0.208. The molecule has 0 bridgehead atoms. The van der Waals surface area contributed by atoms with E-state index in [-0.39, 0.29) is 12.1 Å². The summed E-state index contributed by atoms with van der Waals surface area (Å²) in [7, 11) is -2.37. The van der Waals surface area contributed by atoms with Gasteiger partial charge in [-0.05, 0) is 82.9 Å². The van der Waals surface area contributed by atoms with E-state index in [2.05, 4.69) is 0 Å². The summed E-state index contributed by atoms with van der Waals surface area (Å²) in [4.78, 5) is 19.2. The molecular weight excluding hydrogens is 510 g/mol. The summed E-state index contributed by atoms with van der Waals surface area (Å²) in [6.07, 6.45) is 0.491. The van der Waals surface area contributed by atoms with Crippen molar-refractivity contribution in [2.24, 2.45) is 0 Å². The van der Waals surface area contributed by atoms with Crippen LogP contribution in [0.5, 0.6) is 0 Å². The van der Waals surface area contributed by atoms with Crippen molar-refractivity contribution in [3.63, 3.8) is 0 Å². The Kier molecular flexibility index (Phi) is 8.39. The quantitative estimate of drug-likeness (QED) is 0.251. The smallest absolute Gasteiger partial charge is 0.266 e. The molecule has 0 aliphatic carbocycles. The zero-order valence-electron chi connectivity index (χ0n) is 23.8. The molecule has 3 aromatic carbocycles. The van der Waals surface area contributed by atoms with Gasteiger partial charge in [0.2, 0.25) is 10.0 Å². The van der Waals surface area contributed by atoms with Crippen molar-refractivity contribution in [1.82, 2.24) is 13.9 Å². The van der Waals surface area contributed by atoms with Crippen molar-refractivity contribution in [2.45, 2.75) is 58.9 Å². The molecule has 1 aromatic heterocycles. The van der Waals surface area contributed by atoms with Crippen LogP contribution in [0.2, 0.25) is 0 Å². The lowest BCUT2D eigenvalue weighted by atomic mass is 10.1. The lowest BCUT2D eigenvalue weighted by molar-refractivity contribution is 0.182. The number of benzene rings is 3. The predicted octanol–water partition coefficient (Wildman–Crippen LogP) is 5.72. The summed E-state index contributed by atoms with van der Waals surface area (Å²) in [6.45, 7) is 12.0. The fourth-order valence-corrected chi connectivity index (χ4v) is 7.47. The normalized spacial score (nSPS) is 12.8. The molecule has 0 aliphatic heterocycles. The van der Waals surface area contributed by atoms with Gasteiger partial charge in [0.25, 0.3) is 5.56 Å². The molecule has 1 unspecified atom stereocenters. The highest BCUT2D eigenvalue weighted by Gasteiger charge is 2.35. The molecule has 0 N–H and O–H groups in total. The van der Waals surface area contributed by atoms with Crippen LogP contribution in [0.4, 0.5) is 0 Å².